The number of hydrogen-bond donors (Lipinski definition) is 2. The molecule has 1 aliphatic carbocycles. The average Bonchev–Trinajstić information content (AvgIpc) is 3.28. The molecule has 3 N–H and O–H groups in total. The van der Waals surface area contributed by atoms with Gasteiger partial charge in [0.1, 0.15) is 16.4 Å². The molecule has 0 radical (unpaired) electrons. The number of nitrogens with two attached hydrogens (primary N) is 1. The molecule has 1 aromatic rings. The van der Waals surface area contributed by atoms with Gasteiger partial charge >= 0.3 is 0 Å². The molecule has 1 aromatic carbocycles. The molecule has 0 heterocycles. The second-order valence-corrected chi connectivity index (χ2v) is 6.61. The van der Waals surface area contributed by atoms with Gasteiger partial charge in [-0.25, -0.2) is 13.1 Å². The van der Waals surface area contributed by atoms with Crippen molar-refractivity contribution in [2.75, 3.05) is 20.8 Å². The van der Waals surface area contributed by atoms with E-state index < -0.39 is 10.0 Å². The molecule has 0 spiro atoms. The van der Waals surface area contributed by atoms with Gasteiger partial charge in [-0.15, -0.1) is 12.4 Å². The lowest BCUT2D eigenvalue weighted by molar-refractivity contribution is 0.391. The van der Waals surface area contributed by atoms with Gasteiger partial charge in [-0.1, -0.05) is 0 Å². The highest BCUT2D eigenvalue weighted by molar-refractivity contribution is 7.89. The Morgan fingerprint density at radius 3 is 2.52 bits per heavy atom. The number of hydrogen-bond acceptors (Lipinski definition) is 5. The first-order chi connectivity index (χ1) is 9.47. The van der Waals surface area contributed by atoms with E-state index in [4.69, 9.17) is 15.2 Å². The van der Waals surface area contributed by atoms with Gasteiger partial charge in [0.25, 0.3) is 0 Å². The summed E-state index contributed by atoms with van der Waals surface area (Å²) in [4.78, 5) is 0.0577. The molecule has 2 rings (SSSR count). The summed E-state index contributed by atoms with van der Waals surface area (Å²) in [5.41, 5.74) is 5.91. The Morgan fingerprint density at radius 1 is 1.33 bits per heavy atom. The van der Waals surface area contributed by atoms with E-state index in [2.05, 4.69) is 4.72 Å². The molecule has 6 nitrogen and oxygen atoms in total. The molecule has 1 saturated carbocycles. The van der Waals surface area contributed by atoms with Crippen molar-refractivity contribution in [3.8, 4) is 11.5 Å². The van der Waals surface area contributed by atoms with Gasteiger partial charge in [0.05, 0.1) is 14.2 Å². The molecule has 21 heavy (non-hydrogen) atoms. The molecule has 0 aromatic heterocycles. The van der Waals surface area contributed by atoms with Crippen LogP contribution in [0.4, 0.5) is 0 Å². The minimum Gasteiger partial charge on any atom is -0.497 e. The van der Waals surface area contributed by atoms with Crippen molar-refractivity contribution in [1.29, 1.82) is 0 Å². The minimum atomic E-state index is -3.67. The maximum absolute atomic E-state index is 12.3. The molecule has 120 valence electrons. The first kappa shape index (κ1) is 18.0. The molecule has 1 fully saturated rings. The van der Waals surface area contributed by atoms with Gasteiger partial charge < -0.3 is 15.2 Å². The third-order valence-electron chi connectivity index (χ3n) is 3.40. The van der Waals surface area contributed by atoms with E-state index in [1.165, 1.54) is 20.3 Å². The van der Waals surface area contributed by atoms with Gasteiger partial charge in [0, 0.05) is 18.7 Å². The predicted octanol–water partition coefficient (Wildman–Crippen LogP) is 1.14. The molecule has 0 bridgehead atoms. The van der Waals surface area contributed by atoms with Crippen molar-refractivity contribution < 1.29 is 17.9 Å². The van der Waals surface area contributed by atoms with Crippen LogP contribution in [-0.2, 0) is 10.0 Å². The van der Waals surface area contributed by atoms with Crippen molar-refractivity contribution in [3.63, 3.8) is 0 Å². The summed E-state index contributed by atoms with van der Waals surface area (Å²) >= 11 is 0. The van der Waals surface area contributed by atoms with E-state index in [9.17, 15) is 8.42 Å². The Kier molecular flexibility index (Phi) is 6.27. The number of sulfonamides is 1. The fourth-order valence-corrected chi connectivity index (χ4v) is 3.22. The van der Waals surface area contributed by atoms with Gasteiger partial charge in [-0.2, -0.15) is 0 Å². The van der Waals surface area contributed by atoms with Gasteiger partial charge in [0.15, 0.2) is 0 Å². The van der Waals surface area contributed by atoms with Crippen LogP contribution in [0, 0.1) is 5.92 Å². The lowest BCUT2D eigenvalue weighted by Gasteiger charge is -2.14. The van der Waals surface area contributed by atoms with E-state index in [1.54, 1.807) is 12.1 Å². The third-order valence-corrected chi connectivity index (χ3v) is 4.84. The SMILES string of the molecule is COc1ccc(OC)c(S(=O)(=O)NCC(N)C2CC2)c1.Cl. The van der Waals surface area contributed by atoms with E-state index in [0.717, 1.165) is 12.8 Å². The van der Waals surface area contributed by atoms with Crippen LogP contribution in [0.3, 0.4) is 0 Å². The summed E-state index contributed by atoms with van der Waals surface area (Å²) in [6.45, 7) is 0.230. The normalized spacial score (nSPS) is 16.0. The Hall–Kier alpha value is -1.02. The predicted molar refractivity (Wildman–Crippen MR) is 82.7 cm³/mol. The highest BCUT2D eigenvalue weighted by atomic mass is 35.5. The van der Waals surface area contributed by atoms with Gasteiger partial charge in [-0.3, -0.25) is 0 Å². The Balaban J connectivity index is 0.00000220. The van der Waals surface area contributed by atoms with Crippen LogP contribution in [0.1, 0.15) is 12.8 Å². The van der Waals surface area contributed by atoms with Crippen LogP contribution in [-0.4, -0.2) is 35.2 Å². The fourth-order valence-electron chi connectivity index (χ4n) is 1.97. The molecule has 1 unspecified atom stereocenters. The molecule has 8 heteroatoms. The number of benzene rings is 1. The number of rotatable bonds is 7. The van der Waals surface area contributed by atoms with Gasteiger partial charge in [0.2, 0.25) is 10.0 Å². The summed E-state index contributed by atoms with van der Waals surface area (Å²) in [6, 6.07) is 4.51. The summed E-state index contributed by atoms with van der Waals surface area (Å²) in [5, 5.41) is 0. The fraction of sp³-hybridized carbons (Fsp3) is 0.538. The molecular weight excluding hydrogens is 316 g/mol. The summed E-state index contributed by atoms with van der Waals surface area (Å²) in [7, 11) is -0.763. The first-order valence-corrected chi connectivity index (χ1v) is 7.93. The van der Waals surface area contributed by atoms with Crippen molar-refractivity contribution in [2.24, 2.45) is 11.7 Å². The topological polar surface area (TPSA) is 90.6 Å². The Labute approximate surface area is 131 Å². The second kappa shape index (κ2) is 7.31. The lowest BCUT2D eigenvalue weighted by atomic mass is 10.2. The van der Waals surface area contributed by atoms with Crippen molar-refractivity contribution in [3.05, 3.63) is 18.2 Å². The highest BCUT2D eigenvalue weighted by Gasteiger charge is 2.30. The summed E-state index contributed by atoms with van der Waals surface area (Å²) < 4.78 is 37.3. The number of halogens is 1. The van der Waals surface area contributed by atoms with E-state index in [1.807, 2.05) is 0 Å². The maximum atomic E-state index is 12.3. The van der Waals surface area contributed by atoms with Crippen LogP contribution < -0.4 is 19.9 Å². The zero-order valence-corrected chi connectivity index (χ0v) is 13.7. The standard InChI is InChI=1S/C13H20N2O4S.ClH/c1-18-10-5-6-12(19-2)13(7-10)20(16,17)15-8-11(14)9-3-4-9;/h5-7,9,11,15H,3-4,8,14H2,1-2H3;1H. The molecule has 1 aliphatic rings. The Morgan fingerprint density at radius 2 is 2.00 bits per heavy atom. The van der Waals surface area contributed by atoms with Crippen LogP contribution >= 0.6 is 12.4 Å². The van der Waals surface area contributed by atoms with Crippen LogP contribution in [0.2, 0.25) is 0 Å². The quantitative estimate of drug-likeness (QED) is 0.779. The highest BCUT2D eigenvalue weighted by Crippen LogP contribution is 2.32. The third kappa shape index (κ3) is 4.47. The van der Waals surface area contributed by atoms with E-state index in [-0.39, 0.29) is 35.6 Å². The first-order valence-electron chi connectivity index (χ1n) is 6.45. The zero-order valence-electron chi connectivity index (χ0n) is 12.0. The largest absolute Gasteiger partial charge is 0.497 e. The molecule has 0 saturated heterocycles. The summed E-state index contributed by atoms with van der Waals surface area (Å²) in [6.07, 6.45) is 2.15. The van der Waals surface area contributed by atoms with Crippen molar-refractivity contribution in [2.45, 2.75) is 23.8 Å². The number of nitrogens with one attached hydrogen (secondary N) is 1. The second-order valence-electron chi connectivity index (χ2n) is 4.87. The number of ether oxygens (including phenoxy) is 2. The van der Waals surface area contributed by atoms with E-state index >= 15 is 0 Å². The Bertz CT molecular complexity index is 576. The van der Waals surface area contributed by atoms with Crippen LogP contribution in [0.25, 0.3) is 0 Å². The monoisotopic (exact) mass is 336 g/mol. The van der Waals surface area contributed by atoms with Crippen LogP contribution in [0.15, 0.2) is 23.1 Å². The smallest absolute Gasteiger partial charge is 0.244 e. The summed E-state index contributed by atoms with van der Waals surface area (Å²) in [5.74, 6) is 1.17. The molecule has 0 aliphatic heterocycles. The maximum Gasteiger partial charge on any atom is 0.244 e. The number of methoxy groups -OCH3 is 2. The van der Waals surface area contributed by atoms with E-state index in [0.29, 0.717) is 11.7 Å². The molecule has 0 amide bonds. The molecule has 1 atom stereocenters. The molecular formula is C13H21ClN2O4S. The van der Waals surface area contributed by atoms with Crippen LogP contribution in [0.5, 0.6) is 11.5 Å². The lowest BCUT2D eigenvalue weighted by Crippen LogP contribution is -2.38. The van der Waals surface area contributed by atoms with Crippen molar-refractivity contribution >= 4 is 22.4 Å². The minimum absolute atomic E-state index is 0. The zero-order chi connectivity index (χ0) is 14.8. The van der Waals surface area contributed by atoms with Gasteiger partial charge in [-0.05, 0) is 30.9 Å². The van der Waals surface area contributed by atoms with Crippen molar-refractivity contribution in [1.82, 2.24) is 4.72 Å². The average molecular weight is 337 g/mol.